The average molecular weight is 259 g/mol. The molecule has 0 amide bonds. The Bertz CT molecular complexity index is 456. The van der Waals surface area contributed by atoms with Crippen molar-refractivity contribution in [3.63, 3.8) is 0 Å². The van der Waals surface area contributed by atoms with E-state index >= 15 is 0 Å². The highest BCUT2D eigenvalue weighted by Crippen LogP contribution is 2.32. The van der Waals surface area contributed by atoms with Crippen LogP contribution >= 0.6 is 0 Å². The number of carboxylic acids is 1. The van der Waals surface area contributed by atoms with Gasteiger partial charge in [0.2, 0.25) is 5.95 Å². The molecule has 3 nitrogen and oxygen atoms in total. The SMILES string of the molecule is O=C(O)c1cc(C(F)(F)F)nc(F)c1C(F)F. The van der Waals surface area contributed by atoms with Crippen molar-refractivity contribution in [1.82, 2.24) is 4.98 Å². The molecule has 17 heavy (non-hydrogen) atoms. The smallest absolute Gasteiger partial charge is 0.433 e. The summed E-state index contributed by atoms with van der Waals surface area (Å²) >= 11 is 0. The largest absolute Gasteiger partial charge is 0.478 e. The fourth-order valence-electron chi connectivity index (χ4n) is 1.05. The van der Waals surface area contributed by atoms with Gasteiger partial charge in [0.1, 0.15) is 5.69 Å². The van der Waals surface area contributed by atoms with Crippen molar-refractivity contribution >= 4 is 5.97 Å². The van der Waals surface area contributed by atoms with Crippen molar-refractivity contribution < 1.29 is 36.2 Å². The first-order valence-electron chi connectivity index (χ1n) is 3.93. The van der Waals surface area contributed by atoms with E-state index in [0.717, 1.165) is 0 Å². The first-order valence-corrected chi connectivity index (χ1v) is 3.93. The molecule has 1 aromatic heterocycles. The molecule has 1 N–H and O–H groups in total. The maximum atomic E-state index is 12.9. The summed E-state index contributed by atoms with van der Waals surface area (Å²) in [7, 11) is 0. The molecule has 0 fully saturated rings. The Morgan fingerprint density at radius 3 is 2.24 bits per heavy atom. The lowest BCUT2D eigenvalue weighted by Gasteiger charge is -2.10. The highest BCUT2D eigenvalue weighted by atomic mass is 19.4. The Morgan fingerprint density at radius 2 is 1.88 bits per heavy atom. The number of hydrogen-bond donors (Lipinski definition) is 1. The van der Waals surface area contributed by atoms with Crippen LogP contribution < -0.4 is 0 Å². The Kier molecular flexibility index (Phi) is 3.30. The number of nitrogens with zero attached hydrogens (tertiary/aromatic N) is 1. The third kappa shape index (κ3) is 2.66. The molecule has 1 rings (SSSR count). The molecule has 0 bridgehead atoms. The molecule has 94 valence electrons. The van der Waals surface area contributed by atoms with Crippen LogP contribution in [0.5, 0.6) is 0 Å². The quantitative estimate of drug-likeness (QED) is 0.656. The molecule has 0 aromatic carbocycles. The number of aromatic carboxylic acids is 1. The Morgan fingerprint density at radius 1 is 1.35 bits per heavy atom. The maximum Gasteiger partial charge on any atom is 0.433 e. The van der Waals surface area contributed by atoms with Crippen LogP contribution in [0.15, 0.2) is 6.07 Å². The molecule has 0 aliphatic carbocycles. The number of pyridine rings is 1. The Balaban J connectivity index is 3.53. The summed E-state index contributed by atoms with van der Waals surface area (Å²) < 4.78 is 73.8. The lowest BCUT2D eigenvalue weighted by atomic mass is 10.1. The molecule has 0 radical (unpaired) electrons. The van der Waals surface area contributed by atoms with Crippen molar-refractivity contribution in [2.75, 3.05) is 0 Å². The number of carboxylic acid groups (broad SMARTS) is 1. The molecule has 0 saturated carbocycles. The van der Waals surface area contributed by atoms with Crippen LogP contribution in [0.4, 0.5) is 26.3 Å². The molecule has 1 aromatic rings. The van der Waals surface area contributed by atoms with Gasteiger partial charge in [-0.15, -0.1) is 0 Å². The lowest BCUT2D eigenvalue weighted by molar-refractivity contribution is -0.141. The molecule has 0 unspecified atom stereocenters. The summed E-state index contributed by atoms with van der Waals surface area (Å²) in [5, 5.41) is 8.43. The molecule has 0 spiro atoms. The molecular formula is C8H3F6NO2. The molecule has 0 saturated heterocycles. The van der Waals surface area contributed by atoms with E-state index in [1.807, 2.05) is 0 Å². The van der Waals surface area contributed by atoms with Gasteiger partial charge in [-0.25, -0.2) is 18.6 Å². The highest BCUT2D eigenvalue weighted by Gasteiger charge is 2.36. The summed E-state index contributed by atoms with van der Waals surface area (Å²) in [5.41, 5.74) is -5.00. The van der Waals surface area contributed by atoms with Crippen LogP contribution in [0.1, 0.15) is 28.0 Å². The normalized spacial score (nSPS) is 11.9. The zero-order valence-corrected chi connectivity index (χ0v) is 7.73. The topological polar surface area (TPSA) is 50.2 Å². The van der Waals surface area contributed by atoms with E-state index in [1.165, 1.54) is 0 Å². The van der Waals surface area contributed by atoms with Gasteiger partial charge >= 0.3 is 12.1 Å². The lowest BCUT2D eigenvalue weighted by Crippen LogP contribution is -2.15. The fraction of sp³-hybridized carbons (Fsp3) is 0.250. The summed E-state index contributed by atoms with van der Waals surface area (Å²) in [5.74, 6) is -4.24. The minimum atomic E-state index is -5.12. The van der Waals surface area contributed by atoms with Crippen LogP contribution in [0.25, 0.3) is 0 Å². The highest BCUT2D eigenvalue weighted by molar-refractivity contribution is 5.89. The van der Waals surface area contributed by atoms with Crippen molar-refractivity contribution in [1.29, 1.82) is 0 Å². The number of carbonyl (C=O) groups is 1. The van der Waals surface area contributed by atoms with E-state index in [1.54, 1.807) is 0 Å². The van der Waals surface area contributed by atoms with Gasteiger partial charge in [0.25, 0.3) is 6.43 Å². The zero-order valence-electron chi connectivity index (χ0n) is 7.73. The van der Waals surface area contributed by atoms with Crippen LogP contribution in [-0.2, 0) is 6.18 Å². The number of hydrogen-bond acceptors (Lipinski definition) is 2. The summed E-state index contributed by atoms with van der Waals surface area (Å²) in [6.07, 6.45) is -8.69. The van der Waals surface area contributed by atoms with Crippen LogP contribution in [0, 0.1) is 5.95 Å². The Labute approximate surface area is 89.7 Å². The van der Waals surface area contributed by atoms with Gasteiger partial charge in [-0.3, -0.25) is 0 Å². The third-order valence-corrected chi connectivity index (χ3v) is 1.75. The molecule has 0 aliphatic rings. The third-order valence-electron chi connectivity index (χ3n) is 1.75. The van der Waals surface area contributed by atoms with Crippen molar-refractivity contribution in [3.8, 4) is 0 Å². The number of rotatable bonds is 2. The van der Waals surface area contributed by atoms with Crippen LogP contribution in [-0.4, -0.2) is 16.1 Å². The predicted octanol–water partition coefficient (Wildman–Crippen LogP) is 2.88. The summed E-state index contributed by atoms with van der Waals surface area (Å²) in [6, 6.07) is -0.132. The Hall–Kier alpha value is -1.80. The van der Waals surface area contributed by atoms with Crippen molar-refractivity contribution in [3.05, 3.63) is 28.8 Å². The zero-order chi connectivity index (χ0) is 13.4. The molecule has 1 heterocycles. The van der Waals surface area contributed by atoms with Crippen molar-refractivity contribution in [2.24, 2.45) is 0 Å². The molecule has 0 aliphatic heterocycles. The summed E-state index contributed by atoms with van der Waals surface area (Å²) in [4.78, 5) is 12.7. The monoisotopic (exact) mass is 259 g/mol. The first kappa shape index (κ1) is 13.3. The predicted molar refractivity (Wildman–Crippen MR) is 41.1 cm³/mol. The molecular weight excluding hydrogens is 256 g/mol. The fourth-order valence-corrected chi connectivity index (χ4v) is 1.05. The van der Waals surface area contributed by atoms with Gasteiger partial charge in [0.15, 0.2) is 0 Å². The number of aromatic nitrogens is 1. The standard InChI is InChI=1S/C8H3F6NO2/c9-5(10)4-2(7(16)17)1-3(8(12,13)14)15-6(4)11/h1,5H,(H,16,17). The maximum absolute atomic E-state index is 12.9. The molecule has 9 heteroatoms. The van der Waals surface area contributed by atoms with Crippen LogP contribution in [0.3, 0.4) is 0 Å². The van der Waals surface area contributed by atoms with Gasteiger partial charge < -0.3 is 5.11 Å². The minimum absolute atomic E-state index is 0.132. The second-order valence-corrected chi connectivity index (χ2v) is 2.86. The van der Waals surface area contributed by atoms with Gasteiger partial charge in [-0.2, -0.15) is 17.6 Å². The van der Waals surface area contributed by atoms with Gasteiger partial charge in [0, 0.05) is 0 Å². The van der Waals surface area contributed by atoms with E-state index in [4.69, 9.17) is 5.11 Å². The van der Waals surface area contributed by atoms with Gasteiger partial charge in [0.05, 0.1) is 11.1 Å². The van der Waals surface area contributed by atoms with Gasteiger partial charge in [-0.05, 0) is 6.07 Å². The molecule has 0 atom stereocenters. The van der Waals surface area contributed by atoms with E-state index in [0.29, 0.717) is 0 Å². The minimum Gasteiger partial charge on any atom is -0.478 e. The second-order valence-electron chi connectivity index (χ2n) is 2.86. The van der Waals surface area contributed by atoms with E-state index in [9.17, 15) is 31.1 Å². The average Bonchev–Trinajstić information content (AvgIpc) is 2.13. The van der Waals surface area contributed by atoms with Gasteiger partial charge in [-0.1, -0.05) is 0 Å². The number of alkyl halides is 5. The van der Waals surface area contributed by atoms with E-state index in [-0.39, 0.29) is 6.07 Å². The van der Waals surface area contributed by atoms with E-state index in [2.05, 4.69) is 4.98 Å². The van der Waals surface area contributed by atoms with Crippen LogP contribution in [0.2, 0.25) is 0 Å². The van der Waals surface area contributed by atoms with Crippen molar-refractivity contribution in [2.45, 2.75) is 12.6 Å². The first-order chi connectivity index (χ1) is 7.64. The van der Waals surface area contributed by atoms with E-state index < -0.39 is 41.3 Å². The number of halogens is 6. The second kappa shape index (κ2) is 4.22. The summed E-state index contributed by atoms with van der Waals surface area (Å²) in [6.45, 7) is 0.